The molecular formula is C13H21FN2. The highest BCUT2D eigenvalue weighted by atomic mass is 19.1. The number of hydrogen-bond donors (Lipinski definition) is 1. The van der Waals surface area contributed by atoms with Crippen LogP contribution in [-0.2, 0) is 0 Å². The second-order valence-corrected chi connectivity index (χ2v) is 3.98. The molecule has 90 valence electrons. The fourth-order valence-corrected chi connectivity index (χ4v) is 1.77. The fourth-order valence-electron chi connectivity index (χ4n) is 1.77. The molecule has 1 unspecified atom stereocenters. The van der Waals surface area contributed by atoms with Crippen LogP contribution >= 0.6 is 0 Å². The van der Waals surface area contributed by atoms with Crippen LogP contribution in [0.2, 0.25) is 0 Å². The van der Waals surface area contributed by atoms with Crippen molar-refractivity contribution in [3.8, 4) is 0 Å². The van der Waals surface area contributed by atoms with Crippen molar-refractivity contribution in [1.82, 2.24) is 10.2 Å². The van der Waals surface area contributed by atoms with E-state index in [1.807, 2.05) is 0 Å². The van der Waals surface area contributed by atoms with Crippen molar-refractivity contribution in [3.63, 3.8) is 0 Å². The molecule has 1 aliphatic rings. The molecule has 0 amide bonds. The van der Waals surface area contributed by atoms with Gasteiger partial charge in [-0.15, -0.1) is 0 Å². The molecule has 1 aromatic rings. The minimum absolute atomic E-state index is 0.178. The van der Waals surface area contributed by atoms with Crippen molar-refractivity contribution in [2.24, 2.45) is 0 Å². The molecule has 0 aliphatic carbocycles. The van der Waals surface area contributed by atoms with Gasteiger partial charge in [-0.1, -0.05) is 25.1 Å². The Hall–Kier alpha value is -0.930. The van der Waals surface area contributed by atoms with Crippen LogP contribution in [0.4, 0.5) is 4.39 Å². The molecule has 0 spiro atoms. The summed E-state index contributed by atoms with van der Waals surface area (Å²) in [6.45, 7) is 9.24. The maximum Gasteiger partial charge on any atom is 0.123 e. The first kappa shape index (κ1) is 13.1. The third-order valence-corrected chi connectivity index (χ3v) is 2.78. The highest BCUT2D eigenvalue weighted by molar-refractivity contribution is 5.02. The second kappa shape index (κ2) is 7.36. The van der Waals surface area contributed by atoms with E-state index < -0.39 is 0 Å². The van der Waals surface area contributed by atoms with Gasteiger partial charge in [-0.25, -0.2) is 4.39 Å². The molecule has 1 fully saturated rings. The van der Waals surface area contributed by atoms with E-state index in [-0.39, 0.29) is 5.82 Å². The van der Waals surface area contributed by atoms with Gasteiger partial charge in [0.1, 0.15) is 5.82 Å². The normalized spacial score (nSPS) is 21.1. The van der Waals surface area contributed by atoms with Crippen molar-refractivity contribution >= 4 is 0 Å². The lowest BCUT2D eigenvalue weighted by atomic mass is 10.2. The van der Waals surface area contributed by atoms with Gasteiger partial charge in [-0.05, 0) is 25.6 Å². The zero-order valence-corrected chi connectivity index (χ0v) is 10.1. The zero-order chi connectivity index (χ0) is 11.8. The molecule has 1 aromatic carbocycles. The maximum absolute atomic E-state index is 11.9. The van der Waals surface area contributed by atoms with Crippen molar-refractivity contribution < 1.29 is 4.39 Å². The summed E-state index contributed by atoms with van der Waals surface area (Å²) in [5, 5.41) is 3.36. The van der Waals surface area contributed by atoms with E-state index in [4.69, 9.17) is 0 Å². The SMILES string of the molecule is CCN1CCNCC1C.Fc1ccccc1. The van der Waals surface area contributed by atoms with Crippen LogP contribution in [0, 0.1) is 5.82 Å². The molecule has 1 heterocycles. The van der Waals surface area contributed by atoms with Crippen LogP contribution in [-0.4, -0.2) is 37.1 Å². The lowest BCUT2D eigenvalue weighted by Crippen LogP contribution is -2.49. The lowest BCUT2D eigenvalue weighted by Gasteiger charge is -2.32. The monoisotopic (exact) mass is 224 g/mol. The van der Waals surface area contributed by atoms with E-state index in [2.05, 4.69) is 24.1 Å². The van der Waals surface area contributed by atoms with Gasteiger partial charge in [0.2, 0.25) is 0 Å². The Morgan fingerprint density at radius 3 is 2.44 bits per heavy atom. The average Bonchev–Trinajstić information content (AvgIpc) is 2.31. The van der Waals surface area contributed by atoms with Crippen LogP contribution in [0.3, 0.4) is 0 Å². The van der Waals surface area contributed by atoms with Gasteiger partial charge < -0.3 is 5.32 Å². The molecule has 3 heteroatoms. The van der Waals surface area contributed by atoms with E-state index in [0.717, 1.165) is 19.1 Å². The summed E-state index contributed by atoms with van der Waals surface area (Å²) in [7, 11) is 0. The minimum atomic E-state index is -0.178. The number of rotatable bonds is 1. The van der Waals surface area contributed by atoms with Gasteiger partial charge in [-0.2, -0.15) is 0 Å². The molecule has 0 radical (unpaired) electrons. The second-order valence-electron chi connectivity index (χ2n) is 3.98. The predicted octanol–water partition coefficient (Wildman–Crippen LogP) is 2.13. The summed E-state index contributed by atoms with van der Waals surface area (Å²) in [5.74, 6) is -0.178. The average molecular weight is 224 g/mol. The Morgan fingerprint density at radius 2 is 2.06 bits per heavy atom. The molecule has 1 aliphatic heterocycles. The molecule has 16 heavy (non-hydrogen) atoms. The van der Waals surface area contributed by atoms with Gasteiger partial charge in [0.15, 0.2) is 0 Å². The van der Waals surface area contributed by atoms with E-state index in [0.29, 0.717) is 0 Å². The molecule has 0 aromatic heterocycles. The van der Waals surface area contributed by atoms with Crippen LogP contribution < -0.4 is 5.32 Å². The standard InChI is InChI=1S/C7H16N2.C6H5F/c1-3-9-5-4-8-6-7(9)2;7-6-4-2-1-3-5-6/h7-8H,3-6H2,1-2H3;1-5H. The molecular weight excluding hydrogens is 203 g/mol. The summed E-state index contributed by atoms with van der Waals surface area (Å²) in [6.07, 6.45) is 0. The minimum Gasteiger partial charge on any atom is -0.314 e. The Labute approximate surface area is 97.5 Å². The smallest absolute Gasteiger partial charge is 0.123 e. The Morgan fingerprint density at radius 1 is 1.38 bits per heavy atom. The highest BCUT2D eigenvalue weighted by Crippen LogP contribution is 1.99. The zero-order valence-electron chi connectivity index (χ0n) is 10.1. The van der Waals surface area contributed by atoms with Crippen LogP contribution in [0.15, 0.2) is 30.3 Å². The third-order valence-electron chi connectivity index (χ3n) is 2.78. The van der Waals surface area contributed by atoms with Crippen LogP contribution in [0.5, 0.6) is 0 Å². The lowest BCUT2D eigenvalue weighted by molar-refractivity contribution is 0.183. The Balaban J connectivity index is 0.000000165. The predicted molar refractivity (Wildman–Crippen MR) is 66.0 cm³/mol. The van der Waals surface area contributed by atoms with Crippen LogP contribution in [0.1, 0.15) is 13.8 Å². The van der Waals surface area contributed by atoms with E-state index in [1.165, 1.54) is 25.2 Å². The topological polar surface area (TPSA) is 15.3 Å². The fraction of sp³-hybridized carbons (Fsp3) is 0.538. The first-order chi connectivity index (χ1) is 7.74. The van der Waals surface area contributed by atoms with E-state index in [9.17, 15) is 4.39 Å². The third kappa shape index (κ3) is 4.73. The van der Waals surface area contributed by atoms with Gasteiger partial charge in [0.25, 0.3) is 0 Å². The first-order valence-electron chi connectivity index (χ1n) is 5.89. The molecule has 2 rings (SSSR count). The van der Waals surface area contributed by atoms with Crippen molar-refractivity contribution in [2.75, 3.05) is 26.2 Å². The summed E-state index contributed by atoms with van der Waals surface area (Å²) >= 11 is 0. The van der Waals surface area contributed by atoms with E-state index in [1.54, 1.807) is 18.2 Å². The number of halogens is 1. The molecule has 0 bridgehead atoms. The molecule has 1 N–H and O–H groups in total. The van der Waals surface area contributed by atoms with Crippen molar-refractivity contribution in [2.45, 2.75) is 19.9 Å². The number of piperazine rings is 1. The Bertz CT molecular complexity index is 277. The number of nitrogens with zero attached hydrogens (tertiary/aromatic N) is 1. The molecule has 1 saturated heterocycles. The Kier molecular flexibility index (Phi) is 6.04. The highest BCUT2D eigenvalue weighted by Gasteiger charge is 2.14. The van der Waals surface area contributed by atoms with Crippen molar-refractivity contribution in [3.05, 3.63) is 36.1 Å². The molecule has 1 atom stereocenters. The van der Waals surface area contributed by atoms with Gasteiger partial charge in [0, 0.05) is 25.7 Å². The largest absolute Gasteiger partial charge is 0.314 e. The first-order valence-corrected chi connectivity index (χ1v) is 5.89. The maximum atomic E-state index is 11.9. The number of nitrogens with one attached hydrogen (secondary N) is 1. The molecule has 0 saturated carbocycles. The summed E-state index contributed by atoms with van der Waals surface area (Å²) in [6, 6.07) is 8.68. The van der Waals surface area contributed by atoms with Gasteiger partial charge in [0.05, 0.1) is 0 Å². The molecule has 2 nitrogen and oxygen atoms in total. The summed E-state index contributed by atoms with van der Waals surface area (Å²) in [4.78, 5) is 2.50. The van der Waals surface area contributed by atoms with Gasteiger partial charge >= 0.3 is 0 Å². The van der Waals surface area contributed by atoms with Crippen LogP contribution in [0.25, 0.3) is 0 Å². The summed E-state index contributed by atoms with van der Waals surface area (Å²) in [5.41, 5.74) is 0. The number of likely N-dealkylation sites (N-methyl/N-ethyl adjacent to an activating group) is 1. The number of benzene rings is 1. The van der Waals surface area contributed by atoms with Crippen molar-refractivity contribution in [1.29, 1.82) is 0 Å². The van der Waals surface area contributed by atoms with Gasteiger partial charge in [-0.3, -0.25) is 4.90 Å². The quantitative estimate of drug-likeness (QED) is 0.786. The van der Waals surface area contributed by atoms with E-state index >= 15 is 0 Å². The summed E-state index contributed by atoms with van der Waals surface area (Å²) < 4.78 is 11.9. The number of hydrogen-bond acceptors (Lipinski definition) is 2.